The van der Waals surface area contributed by atoms with Crippen LogP contribution in [0.5, 0.6) is 0 Å². The van der Waals surface area contributed by atoms with E-state index in [0.717, 1.165) is 0 Å². The lowest BCUT2D eigenvalue weighted by atomic mass is 10.0. The first kappa shape index (κ1) is 14.8. The number of aliphatic imine (C=N–C) groups is 1. The number of nitrogens with zero attached hydrogens (tertiary/aromatic N) is 1. The van der Waals surface area contributed by atoms with Gasteiger partial charge in [0.2, 0.25) is 5.72 Å². The summed E-state index contributed by atoms with van der Waals surface area (Å²) in [6.07, 6.45) is -6.54. The zero-order chi connectivity index (χ0) is 14.8. The van der Waals surface area contributed by atoms with E-state index in [4.69, 9.17) is 4.74 Å². The van der Waals surface area contributed by atoms with E-state index in [1.807, 2.05) is 0 Å². The van der Waals surface area contributed by atoms with Crippen molar-refractivity contribution in [3.8, 4) is 0 Å². The van der Waals surface area contributed by atoms with E-state index in [0.29, 0.717) is 5.56 Å². The van der Waals surface area contributed by atoms with Gasteiger partial charge in [0.15, 0.2) is 6.23 Å². The molecule has 1 aliphatic heterocycles. The fourth-order valence-electron chi connectivity index (χ4n) is 1.94. The van der Waals surface area contributed by atoms with Crippen LogP contribution in [0.3, 0.4) is 0 Å². The van der Waals surface area contributed by atoms with Gasteiger partial charge in [-0.1, -0.05) is 30.3 Å². The summed E-state index contributed by atoms with van der Waals surface area (Å²) in [5, 5.41) is 11.9. The molecule has 2 unspecified atom stereocenters. The standard InChI is InChI=1S/C13H15F3N2O2/c1-2-20-10-8-12(19,13(14,15)16)18-11(17-10)9-6-4-3-5-7-9/h3-7,10,19H,2,8H2,1H3,(H,17,18). The Hall–Kier alpha value is -1.60. The van der Waals surface area contributed by atoms with Crippen molar-refractivity contribution >= 4 is 5.84 Å². The molecule has 2 rings (SSSR count). The predicted molar refractivity (Wildman–Crippen MR) is 67.2 cm³/mol. The molecule has 4 nitrogen and oxygen atoms in total. The Morgan fingerprint density at radius 2 is 2.05 bits per heavy atom. The zero-order valence-corrected chi connectivity index (χ0v) is 10.8. The number of hydrogen-bond acceptors (Lipinski definition) is 4. The van der Waals surface area contributed by atoms with Crippen LogP contribution in [0.1, 0.15) is 18.9 Å². The van der Waals surface area contributed by atoms with Crippen LogP contribution >= 0.6 is 0 Å². The molecular weight excluding hydrogens is 273 g/mol. The minimum Gasteiger partial charge on any atom is -0.363 e. The Balaban J connectivity index is 2.36. The SMILES string of the molecule is CCOC1CC(O)(C(F)(F)F)NC(c2ccccc2)=N1. The van der Waals surface area contributed by atoms with Gasteiger partial charge in [-0.3, -0.25) is 0 Å². The molecule has 0 spiro atoms. The first-order valence-electron chi connectivity index (χ1n) is 6.18. The molecule has 110 valence electrons. The molecule has 1 aliphatic rings. The molecule has 7 heteroatoms. The maximum Gasteiger partial charge on any atom is 0.436 e. The van der Waals surface area contributed by atoms with Gasteiger partial charge in [-0.2, -0.15) is 13.2 Å². The average Bonchev–Trinajstić information content (AvgIpc) is 2.38. The topological polar surface area (TPSA) is 53.9 Å². The molecule has 1 heterocycles. The highest BCUT2D eigenvalue weighted by Crippen LogP contribution is 2.35. The largest absolute Gasteiger partial charge is 0.436 e. The lowest BCUT2D eigenvalue weighted by molar-refractivity contribution is -0.278. The molecular formula is C13H15F3N2O2. The third-order valence-electron chi connectivity index (χ3n) is 2.94. The monoisotopic (exact) mass is 288 g/mol. The van der Waals surface area contributed by atoms with Crippen LogP contribution in [0.4, 0.5) is 13.2 Å². The van der Waals surface area contributed by atoms with E-state index in [9.17, 15) is 18.3 Å². The number of benzene rings is 1. The number of hydrogen-bond donors (Lipinski definition) is 2. The summed E-state index contributed by atoms with van der Waals surface area (Å²) in [6.45, 7) is 1.87. The zero-order valence-electron chi connectivity index (χ0n) is 10.8. The molecule has 0 radical (unpaired) electrons. The van der Waals surface area contributed by atoms with Gasteiger partial charge < -0.3 is 15.2 Å². The van der Waals surface area contributed by atoms with Crippen molar-refractivity contribution in [2.75, 3.05) is 6.61 Å². The van der Waals surface area contributed by atoms with Crippen molar-refractivity contribution in [3.63, 3.8) is 0 Å². The lowest BCUT2D eigenvalue weighted by Gasteiger charge is -2.38. The molecule has 0 aliphatic carbocycles. The Morgan fingerprint density at radius 3 is 2.60 bits per heavy atom. The van der Waals surface area contributed by atoms with Gasteiger partial charge in [0.1, 0.15) is 5.84 Å². The van der Waals surface area contributed by atoms with E-state index in [1.54, 1.807) is 37.3 Å². The number of aliphatic hydroxyl groups is 1. The molecule has 0 saturated heterocycles. The van der Waals surface area contributed by atoms with Gasteiger partial charge in [0.25, 0.3) is 0 Å². The normalized spacial score (nSPS) is 26.9. The molecule has 2 N–H and O–H groups in total. The number of nitrogens with one attached hydrogen (secondary N) is 1. The number of ether oxygens (including phenoxy) is 1. The van der Waals surface area contributed by atoms with Gasteiger partial charge in [0.05, 0.1) is 6.42 Å². The van der Waals surface area contributed by atoms with Crippen molar-refractivity contribution in [1.29, 1.82) is 0 Å². The van der Waals surface area contributed by atoms with E-state index in [2.05, 4.69) is 10.3 Å². The molecule has 0 saturated carbocycles. The van der Waals surface area contributed by atoms with Gasteiger partial charge in [-0.05, 0) is 6.92 Å². The van der Waals surface area contributed by atoms with E-state index in [1.165, 1.54) is 0 Å². The molecule has 0 aromatic heterocycles. The minimum atomic E-state index is -4.82. The van der Waals surface area contributed by atoms with Crippen molar-refractivity contribution < 1.29 is 23.0 Å². The smallest absolute Gasteiger partial charge is 0.363 e. The van der Waals surface area contributed by atoms with Gasteiger partial charge in [0, 0.05) is 12.2 Å². The summed E-state index contributed by atoms with van der Waals surface area (Å²) in [5.41, 5.74) is -2.58. The van der Waals surface area contributed by atoms with E-state index < -0.39 is 24.6 Å². The summed E-state index contributed by atoms with van der Waals surface area (Å²) < 4.78 is 44.2. The van der Waals surface area contributed by atoms with E-state index >= 15 is 0 Å². The molecule has 0 amide bonds. The highest BCUT2D eigenvalue weighted by atomic mass is 19.4. The molecule has 1 aromatic carbocycles. The summed E-state index contributed by atoms with van der Waals surface area (Å²) in [5.74, 6) is -0.0323. The number of rotatable bonds is 3. The van der Waals surface area contributed by atoms with Crippen LogP contribution in [0.15, 0.2) is 35.3 Å². The van der Waals surface area contributed by atoms with Crippen LogP contribution in [0, 0.1) is 0 Å². The predicted octanol–water partition coefficient (Wildman–Crippen LogP) is 2.04. The van der Waals surface area contributed by atoms with Crippen molar-refractivity contribution in [2.24, 2.45) is 4.99 Å². The van der Waals surface area contributed by atoms with Crippen LogP contribution < -0.4 is 5.32 Å². The fourth-order valence-corrected chi connectivity index (χ4v) is 1.94. The molecule has 1 aromatic rings. The quantitative estimate of drug-likeness (QED) is 0.895. The van der Waals surface area contributed by atoms with Crippen molar-refractivity contribution in [2.45, 2.75) is 31.5 Å². The maximum absolute atomic E-state index is 13.0. The summed E-state index contributed by atoms with van der Waals surface area (Å²) in [6, 6.07) is 8.31. The minimum absolute atomic E-state index is 0.0323. The third kappa shape index (κ3) is 2.94. The average molecular weight is 288 g/mol. The van der Waals surface area contributed by atoms with Crippen LogP contribution in [0.2, 0.25) is 0 Å². The number of amidine groups is 1. The van der Waals surface area contributed by atoms with Crippen molar-refractivity contribution in [1.82, 2.24) is 5.32 Å². The fraction of sp³-hybridized carbons (Fsp3) is 0.462. The van der Waals surface area contributed by atoms with E-state index in [-0.39, 0.29) is 12.4 Å². The third-order valence-corrected chi connectivity index (χ3v) is 2.94. The Bertz CT molecular complexity index is 490. The van der Waals surface area contributed by atoms with Crippen molar-refractivity contribution in [3.05, 3.63) is 35.9 Å². The second kappa shape index (κ2) is 5.41. The second-order valence-corrected chi connectivity index (χ2v) is 4.44. The molecule has 0 bridgehead atoms. The van der Waals surface area contributed by atoms with Crippen LogP contribution in [-0.4, -0.2) is 35.7 Å². The number of halogens is 3. The highest BCUT2D eigenvalue weighted by molar-refractivity contribution is 5.99. The highest BCUT2D eigenvalue weighted by Gasteiger charge is 2.57. The first-order chi connectivity index (χ1) is 9.36. The Labute approximate surface area is 114 Å². The molecule has 0 fully saturated rings. The van der Waals surface area contributed by atoms with Gasteiger partial charge in [-0.25, -0.2) is 4.99 Å². The molecule has 2 atom stereocenters. The lowest BCUT2D eigenvalue weighted by Crippen LogP contribution is -2.63. The molecule has 20 heavy (non-hydrogen) atoms. The Morgan fingerprint density at radius 1 is 1.40 bits per heavy atom. The van der Waals surface area contributed by atoms with Crippen LogP contribution in [0.25, 0.3) is 0 Å². The number of alkyl halides is 3. The Kier molecular flexibility index (Phi) is 4.01. The van der Waals surface area contributed by atoms with Crippen LogP contribution in [-0.2, 0) is 4.74 Å². The maximum atomic E-state index is 13.0. The second-order valence-electron chi connectivity index (χ2n) is 4.44. The first-order valence-corrected chi connectivity index (χ1v) is 6.18. The summed E-state index contributed by atoms with van der Waals surface area (Å²) in [7, 11) is 0. The van der Waals surface area contributed by atoms with Gasteiger partial charge in [-0.15, -0.1) is 0 Å². The van der Waals surface area contributed by atoms with Gasteiger partial charge >= 0.3 is 6.18 Å². The summed E-state index contributed by atoms with van der Waals surface area (Å²) >= 11 is 0. The summed E-state index contributed by atoms with van der Waals surface area (Å²) in [4.78, 5) is 4.07.